The Labute approximate surface area is 193 Å². The molecule has 1 aromatic heterocycles. The molecule has 176 valence electrons. The number of nitrogens with one attached hydrogen (secondary N) is 2. The van der Waals surface area contributed by atoms with Gasteiger partial charge in [-0.05, 0) is 67.9 Å². The average Bonchev–Trinajstić information content (AvgIpc) is 2.78. The Kier molecular flexibility index (Phi) is 8.10. The number of aromatic nitrogens is 1. The van der Waals surface area contributed by atoms with E-state index in [9.17, 15) is 18.1 Å². The summed E-state index contributed by atoms with van der Waals surface area (Å²) in [5.74, 6) is -0.725. The summed E-state index contributed by atoms with van der Waals surface area (Å²) in [7, 11) is -7.53. The minimum absolute atomic E-state index is 0.000819. The highest BCUT2D eigenvalue weighted by Gasteiger charge is 2.37. The maximum Gasteiger partial charge on any atom is 0.357 e. The molecule has 9 nitrogen and oxygen atoms in total. The fourth-order valence-corrected chi connectivity index (χ4v) is 6.03. The van der Waals surface area contributed by atoms with Crippen LogP contribution in [0.15, 0.2) is 77.8 Å². The Hall–Kier alpha value is -2.91. The third kappa shape index (κ3) is 6.33. The van der Waals surface area contributed by atoms with Crippen LogP contribution in [0.25, 0.3) is 0 Å². The predicted molar refractivity (Wildman–Crippen MR) is 127 cm³/mol. The fraction of sp³-hybridized carbons (Fsp3) is 0.227. The fourth-order valence-electron chi connectivity index (χ4n) is 3.09. The molecule has 0 aliphatic heterocycles. The van der Waals surface area contributed by atoms with E-state index < -0.39 is 23.4 Å². The third-order valence-corrected chi connectivity index (χ3v) is 8.16. The van der Waals surface area contributed by atoms with E-state index in [4.69, 9.17) is 9.05 Å². The van der Waals surface area contributed by atoms with Crippen LogP contribution in [0.2, 0.25) is 0 Å². The molecule has 0 amide bonds. The number of benzene rings is 2. The zero-order valence-electron chi connectivity index (χ0n) is 18.2. The Morgan fingerprint density at radius 2 is 1.70 bits per heavy atom. The number of nitrogens with zero attached hydrogens (tertiary/aromatic N) is 1. The van der Waals surface area contributed by atoms with Crippen LogP contribution in [0.1, 0.15) is 25.2 Å². The molecule has 2 aromatic carbocycles. The molecule has 1 unspecified atom stereocenters. The van der Waals surface area contributed by atoms with Crippen LogP contribution in [-0.2, 0) is 23.6 Å². The number of phenols is 1. The van der Waals surface area contributed by atoms with Gasteiger partial charge in [-0.3, -0.25) is 9.29 Å². The van der Waals surface area contributed by atoms with Crippen LogP contribution in [0.4, 0.5) is 11.5 Å². The Balaban J connectivity index is 1.89. The molecule has 0 saturated heterocycles. The van der Waals surface area contributed by atoms with Crippen molar-refractivity contribution in [2.24, 2.45) is 0 Å². The molecule has 0 radical (unpaired) electrons. The van der Waals surface area contributed by atoms with Gasteiger partial charge in [-0.25, -0.2) is 13.4 Å². The molecule has 3 rings (SSSR count). The normalized spacial score (nSPS) is 12.8. The maximum absolute atomic E-state index is 13.6. The third-order valence-electron chi connectivity index (χ3n) is 4.49. The van der Waals surface area contributed by atoms with E-state index >= 15 is 0 Å². The van der Waals surface area contributed by atoms with E-state index in [-0.39, 0.29) is 29.7 Å². The van der Waals surface area contributed by atoms with Gasteiger partial charge in [0.1, 0.15) is 11.6 Å². The van der Waals surface area contributed by atoms with E-state index in [1.807, 2.05) is 0 Å². The molecule has 1 heterocycles. The first-order valence-corrected chi connectivity index (χ1v) is 13.3. The monoisotopic (exact) mass is 491 g/mol. The Morgan fingerprint density at radius 1 is 1.00 bits per heavy atom. The lowest BCUT2D eigenvalue weighted by Gasteiger charge is -2.28. The molecular weight excluding hydrogens is 465 g/mol. The van der Waals surface area contributed by atoms with Gasteiger partial charge in [0.05, 0.1) is 18.1 Å². The van der Waals surface area contributed by atoms with Crippen molar-refractivity contribution in [1.29, 1.82) is 0 Å². The summed E-state index contributed by atoms with van der Waals surface area (Å²) in [6.07, 6.45) is 1.49. The van der Waals surface area contributed by atoms with Crippen LogP contribution in [-0.4, -0.2) is 31.7 Å². The van der Waals surface area contributed by atoms with Gasteiger partial charge in [-0.1, -0.05) is 18.2 Å². The second kappa shape index (κ2) is 10.8. The first kappa shape index (κ1) is 24.7. The van der Waals surface area contributed by atoms with E-state index in [2.05, 4.69) is 15.0 Å². The van der Waals surface area contributed by atoms with Gasteiger partial charge in [0.25, 0.3) is 10.0 Å². The van der Waals surface area contributed by atoms with Crippen molar-refractivity contribution in [1.82, 2.24) is 4.98 Å². The van der Waals surface area contributed by atoms with Gasteiger partial charge >= 0.3 is 7.60 Å². The number of phenolic OH excluding ortho intramolecular Hbond substituents is 1. The van der Waals surface area contributed by atoms with Crippen LogP contribution in [0, 0.1) is 0 Å². The smallest absolute Gasteiger partial charge is 0.357 e. The molecule has 0 bridgehead atoms. The summed E-state index contributed by atoms with van der Waals surface area (Å²) in [6, 6.07) is 17.1. The molecule has 3 aromatic rings. The van der Waals surface area contributed by atoms with Gasteiger partial charge in [-0.15, -0.1) is 0 Å². The number of pyridine rings is 1. The van der Waals surface area contributed by atoms with Crippen molar-refractivity contribution in [3.63, 3.8) is 0 Å². The van der Waals surface area contributed by atoms with Gasteiger partial charge in [-0.2, -0.15) is 0 Å². The lowest BCUT2D eigenvalue weighted by atomic mass is 10.2. The summed E-state index contributed by atoms with van der Waals surface area (Å²) in [5.41, 5.74) is 0.980. The van der Waals surface area contributed by atoms with Crippen molar-refractivity contribution in [2.45, 2.75) is 24.5 Å². The number of aromatic hydroxyl groups is 1. The van der Waals surface area contributed by atoms with Gasteiger partial charge < -0.3 is 19.5 Å². The topological polar surface area (TPSA) is 127 Å². The van der Waals surface area contributed by atoms with Crippen molar-refractivity contribution < 1.29 is 27.1 Å². The quantitative estimate of drug-likeness (QED) is 0.321. The van der Waals surface area contributed by atoms with Gasteiger partial charge in [0, 0.05) is 11.9 Å². The second-order valence-corrected chi connectivity index (χ2v) is 10.7. The molecule has 11 heteroatoms. The van der Waals surface area contributed by atoms with E-state index in [1.54, 1.807) is 56.3 Å². The van der Waals surface area contributed by atoms with Crippen molar-refractivity contribution in [3.05, 3.63) is 78.5 Å². The Bertz CT molecular complexity index is 1200. The molecule has 0 spiro atoms. The average molecular weight is 492 g/mol. The summed E-state index contributed by atoms with van der Waals surface area (Å²) < 4.78 is 52.3. The van der Waals surface area contributed by atoms with Crippen LogP contribution in [0.5, 0.6) is 5.75 Å². The van der Waals surface area contributed by atoms with Crippen LogP contribution < -0.4 is 10.0 Å². The van der Waals surface area contributed by atoms with Gasteiger partial charge in [0.2, 0.25) is 0 Å². The van der Waals surface area contributed by atoms with Crippen LogP contribution >= 0.6 is 7.60 Å². The zero-order chi connectivity index (χ0) is 23.9. The first-order valence-electron chi connectivity index (χ1n) is 10.3. The predicted octanol–water partition coefficient (Wildman–Crippen LogP) is 4.96. The van der Waals surface area contributed by atoms with Crippen molar-refractivity contribution in [2.75, 3.05) is 23.3 Å². The Morgan fingerprint density at radius 3 is 2.27 bits per heavy atom. The molecule has 3 N–H and O–H groups in total. The minimum atomic E-state index is -3.84. The lowest BCUT2D eigenvalue weighted by molar-refractivity contribution is 0.214. The SMILES string of the molecule is CCOP(=O)(OCC)C(Nc1ccc(S(=O)(=O)Nc2ccccn2)cc1)c1cccc(O)c1. The maximum atomic E-state index is 13.6. The highest BCUT2D eigenvalue weighted by atomic mass is 32.2. The van der Waals surface area contributed by atoms with E-state index in [0.29, 0.717) is 11.3 Å². The number of hydrogen-bond donors (Lipinski definition) is 3. The highest BCUT2D eigenvalue weighted by Crippen LogP contribution is 2.61. The first-order chi connectivity index (χ1) is 15.8. The molecule has 33 heavy (non-hydrogen) atoms. The van der Waals surface area contributed by atoms with E-state index in [1.165, 1.54) is 30.5 Å². The molecule has 0 aliphatic rings. The standard InChI is InChI=1S/C22H26N3O6PS/c1-3-30-32(27,31-4-2)22(17-8-7-9-19(26)16-17)24-18-11-13-20(14-12-18)33(28,29)25-21-10-5-6-15-23-21/h5-16,22,24,26H,3-4H2,1-2H3,(H,23,25). The lowest BCUT2D eigenvalue weighted by Crippen LogP contribution is -2.16. The molecule has 0 fully saturated rings. The summed E-state index contributed by atoms with van der Waals surface area (Å²) in [6.45, 7) is 3.73. The largest absolute Gasteiger partial charge is 0.508 e. The number of anilines is 2. The van der Waals surface area contributed by atoms with Crippen molar-refractivity contribution in [3.8, 4) is 5.75 Å². The zero-order valence-corrected chi connectivity index (χ0v) is 19.9. The van der Waals surface area contributed by atoms with Crippen molar-refractivity contribution >= 4 is 29.1 Å². The molecule has 0 saturated carbocycles. The number of sulfonamides is 1. The van der Waals surface area contributed by atoms with E-state index in [0.717, 1.165) is 0 Å². The second-order valence-electron chi connectivity index (χ2n) is 6.86. The summed E-state index contributed by atoms with van der Waals surface area (Å²) in [4.78, 5) is 4.00. The molecule has 0 aliphatic carbocycles. The van der Waals surface area contributed by atoms with Gasteiger partial charge in [0.15, 0.2) is 5.78 Å². The summed E-state index contributed by atoms with van der Waals surface area (Å²) >= 11 is 0. The minimum Gasteiger partial charge on any atom is -0.508 e. The molecular formula is C22H26N3O6PS. The number of rotatable bonds is 11. The number of hydrogen-bond acceptors (Lipinski definition) is 8. The summed E-state index contributed by atoms with van der Waals surface area (Å²) in [5, 5.41) is 13.0. The van der Waals surface area contributed by atoms with Crippen LogP contribution in [0.3, 0.4) is 0 Å². The molecule has 1 atom stereocenters. The highest BCUT2D eigenvalue weighted by molar-refractivity contribution is 7.92.